The van der Waals surface area contributed by atoms with Crippen molar-refractivity contribution in [2.75, 3.05) is 5.73 Å². The summed E-state index contributed by atoms with van der Waals surface area (Å²) in [4.78, 5) is 19.8. The second kappa shape index (κ2) is 6.11. The van der Waals surface area contributed by atoms with Gasteiger partial charge in [0.25, 0.3) is 0 Å². The highest BCUT2D eigenvalue weighted by molar-refractivity contribution is 7.13. The number of carboxylic acid groups (broad SMARTS) is 1. The summed E-state index contributed by atoms with van der Waals surface area (Å²) in [6.45, 7) is 0.0245. The maximum absolute atomic E-state index is 12.7. The zero-order valence-electron chi connectivity index (χ0n) is 10.1. The van der Waals surface area contributed by atoms with E-state index in [-0.39, 0.29) is 29.0 Å². The second-order valence-corrected chi connectivity index (χ2v) is 4.61. The van der Waals surface area contributed by atoms with Crippen molar-refractivity contribution in [1.29, 1.82) is 0 Å². The number of rotatable bonds is 5. The van der Waals surface area contributed by atoms with E-state index in [4.69, 9.17) is 15.7 Å². The lowest BCUT2D eigenvalue weighted by Crippen LogP contribution is -2.15. The van der Waals surface area contributed by atoms with Crippen LogP contribution in [0.2, 0.25) is 0 Å². The van der Waals surface area contributed by atoms with E-state index in [0.717, 1.165) is 11.3 Å². The van der Waals surface area contributed by atoms with Gasteiger partial charge in [0.05, 0.1) is 0 Å². The molecule has 0 saturated carbocycles. The summed E-state index contributed by atoms with van der Waals surface area (Å²) >= 11 is 1.11. The van der Waals surface area contributed by atoms with Gasteiger partial charge in [-0.3, -0.25) is 0 Å². The van der Waals surface area contributed by atoms with Gasteiger partial charge in [0.15, 0.2) is 5.13 Å². The summed E-state index contributed by atoms with van der Waals surface area (Å²) in [6, 6.07) is 5.60. The van der Waals surface area contributed by atoms with Gasteiger partial charge in [-0.2, -0.15) is 0 Å². The van der Waals surface area contributed by atoms with E-state index < -0.39 is 5.97 Å². The molecule has 0 aliphatic heterocycles. The first-order valence-electron chi connectivity index (χ1n) is 5.45. The average molecular weight is 295 g/mol. The van der Waals surface area contributed by atoms with Gasteiger partial charge < -0.3 is 15.7 Å². The van der Waals surface area contributed by atoms with Crippen LogP contribution in [0.25, 0.3) is 0 Å². The van der Waals surface area contributed by atoms with Gasteiger partial charge in [-0.05, 0) is 17.7 Å². The number of thiazole rings is 1. The molecule has 1 heterocycles. The number of aromatic nitrogens is 1. The third kappa shape index (κ3) is 3.51. The normalized spacial score (nSPS) is 11.3. The van der Waals surface area contributed by atoms with E-state index in [1.165, 1.54) is 29.6 Å². The number of carboxylic acids is 1. The quantitative estimate of drug-likeness (QED) is 0.648. The number of hydrogen-bond acceptors (Lipinski definition) is 6. The van der Waals surface area contributed by atoms with Gasteiger partial charge >= 0.3 is 5.97 Å². The highest BCUT2D eigenvalue weighted by Gasteiger charge is 2.16. The fraction of sp³-hybridized carbons (Fsp3) is 0.0833. The number of nitrogens with zero attached hydrogens (tertiary/aromatic N) is 2. The van der Waals surface area contributed by atoms with Crippen molar-refractivity contribution in [2.45, 2.75) is 6.61 Å². The first kappa shape index (κ1) is 13.9. The largest absolute Gasteiger partial charge is 0.476 e. The molecule has 0 aliphatic carbocycles. The summed E-state index contributed by atoms with van der Waals surface area (Å²) in [5, 5.41) is 14.3. The summed E-state index contributed by atoms with van der Waals surface area (Å²) in [5.74, 6) is -1.63. The number of halogens is 1. The van der Waals surface area contributed by atoms with Crippen LogP contribution >= 0.6 is 11.3 Å². The average Bonchev–Trinajstić information content (AvgIpc) is 2.82. The van der Waals surface area contributed by atoms with Gasteiger partial charge in [0.1, 0.15) is 18.1 Å². The Labute approximate surface area is 117 Å². The van der Waals surface area contributed by atoms with E-state index in [0.29, 0.717) is 5.56 Å². The molecule has 3 N–H and O–H groups in total. The van der Waals surface area contributed by atoms with Crippen molar-refractivity contribution in [3.63, 3.8) is 0 Å². The van der Waals surface area contributed by atoms with Crippen molar-refractivity contribution in [1.82, 2.24) is 4.98 Å². The Bertz CT molecular complexity index is 640. The smallest absolute Gasteiger partial charge is 0.360 e. The van der Waals surface area contributed by atoms with Gasteiger partial charge in [0.2, 0.25) is 5.71 Å². The third-order valence-electron chi connectivity index (χ3n) is 2.27. The number of aliphatic carboxylic acids is 1. The van der Waals surface area contributed by atoms with Crippen LogP contribution in [0.3, 0.4) is 0 Å². The van der Waals surface area contributed by atoms with Gasteiger partial charge in [0, 0.05) is 5.38 Å². The molecule has 0 unspecified atom stereocenters. The minimum absolute atomic E-state index is 0.0245. The van der Waals surface area contributed by atoms with Crippen LogP contribution in [0.4, 0.5) is 9.52 Å². The SMILES string of the molecule is Nc1nc(/C(=N/OCc2ccc(F)cc2)C(=O)O)cs1. The summed E-state index contributed by atoms with van der Waals surface area (Å²) in [7, 11) is 0. The van der Waals surface area contributed by atoms with Crippen LogP contribution in [-0.2, 0) is 16.2 Å². The third-order valence-corrected chi connectivity index (χ3v) is 2.94. The lowest BCUT2D eigenvalue weighted by molar-refractivity contribution is -0.129. The topological polar surface area (TPSA) is 97.8 Å². The second-order valence-electron chi connectivity index (χ2n) is 3.72. The maximum Gasteiger partial charge on any atom is 0.360 e. The molecule has 1 aromatic heterocycles. The summed E-state index contributed by atoms with van der Waals surface area (Å²) in [5.41, 5.74) is 5.90. The molecule has 104 valence electrons. The van der Waals surface area contributed by atoms with Crippen LogP contribution in [0.1, 0.15) is 11.3 Å². The summed E-state index contributed by atoms with van der Waals surface area (Å²) < 4.78 is 12.7. The van der Waals surface area contributed by atoms with Crippen molar-refractivity contribution in [2.24, 2.45) is 5.16 Å². The highest BCUT2D eigenvalue weighted by Crippen LogP contribution is 2.13. The summed E-state index contributed by atoms with van der Waals surface area (Å²) in [6.07, 6.45) is 0. The molecule has 0 spiro atoms. The number of oxime groups is 1. The fourth-order valence-corrected chi connectivity index (χ4v) is 1.89. The Morgan fingerprint density at radius 3 is 2.70 bits per heavy atom. The molecule has 0 fully saturated rings. The molecule has 0 bridgehead atoms. The minimum atomic E-state index is -1.27. The van der Waals surface area contributed by atoms with Crippen LogP contribution in [0.15, 0.2) is 34.8 Å². The van der Waals surface area contributed by atoms with Crippen LogP contribution in [0.5, 0.6) is 0 Å². The number of anilines is 1. The number of hydrogen-bond donors (Lipinski definition) is 2. The van der Waals surface area contributed by atoms with E-state index in [2.05, 4.69) is 10.1 Å². The van der Waals surface area contributed by atoms with E-state index in [1.54, 1.807) is 0 Å². The molecule has 6 nitrogen and oxygen atoms in total. The molecule has 1 aromatic carbocycles. The van der Waals surface area contributed by atoms with Gasteiger partial charge in [-0.25, -0.2) is 14.2 Å². The van der Waals surface area contributed by atoms with E-state index in [9.17, 15) is 9.18 Å². The molecule has 2 rings (SSSR count). The van der Waals surface area contributed by atoms with Gasteiger partial charge in [-0.15, -0.1) is 11.3 Å². The maximum atomic E-state index is 12.7. The zero-order chi connectivity index (χ0) is 14.5. The predicted molar refractivity (Wildman–Crippen MR) is 71.9 cm³/mol. The molecule has 0 saturated heterocycles. The Kier molecular flexibility index (Phi) is 4.26. The highest BCUT2D eigenvalue weighted by atomic mass is 32.1. The number of nitrogen functional groups attached to an aromatic ring is 1. The Morgan fingerprint density at radius 2 is 2.15 bits per heavy atom. The number of nitrogens with two attached hydrogens (primary N) is 1. The molecule has 2 aromatic rings. The molecule has 0 radical (unpaired) electrons. The van der Waals surface area contributed by atoms with Crippen LogP contribution < -0.4 is 5.73 Å². The molecule has 0 atom stereocenters. The predicted octanol–water partition coefficient (Wildman–Crippen LogP) is 1.87. The van der Waals surface area contributed by atoms with Crippen LogP contribution in [-0.4, -0.2) is 21.8 Å². The molecule has 0 aliphatic rings. The molecule has 20 heavy (non-hydrogen) atoms. The lowest BCUT2D eigenvalue weighted by atomic mass is 10.2. The van der Waals surface area contributed by atoms with E-state index in [1.807, 2.05) is 0 Å². The molecule has 8 heteroatoms. The van der Waals surface area contributed by atoms with Crippen molar-refractivity contribution in [3.05, 3.63) is 46.7 Å². The number of carbonyl (C=O) groups is 1. The first-order chi connectivity index (χ1) is 9.56. The monoisotopic (exact) mass is 295 g/mol. The fourth-order valence-electron chi connectivity index (χ4n) is 1.34. The Balaban J connectivity index is 2.07. The van der Waals surface area contributed by atoms with Crippen molar-refractivity contribution >= 4 is 28.1 Å². The Hall–Kier alpha value is -2.48. The minimum Gasteiger partial charge on any atom is -0.476 e. The van der Waals surface area contributed by atoms with E-state index >= 15 is 0 Å². The standard InChI is InChI=1S/C12H10FN3O3S/c13-8-3-1-7(2-4-8)5-19-16-10(11(17)18)9-6-20-12(14)15-9/h1-4,6H,5H2,(H2,14,15)(H,17,18)/b16-10-. The molecular weight excluding hydrogens is 285 g/mol. The number of benzene rings is 1. The van der Waals surface area contributed by atoms with Gasteiger partial charge in [-0.1, -0.05) is 17.3 Å². The van der Waals surface area contributed by atoms with Crippen LogP contribution in [0, 0.1) is 5.82 Å². The zero-order valence-corrected chi connectivity index (χ0v) is 10.9. The Morgan fingerprint density at radius 1 is 1.45 bits per heavy atom. The first-order valence-corrected chi connectivity index (χ1v) is 6.33. The van der Waals surface area contributed by atoms with Crippen molar-refractivity contribution < 1.29 is 19.1 Å². The molecule has 0 amide bonds. The van der Waals surface area contributed by atoms with Crippen molar-refractivity contribution in [3.8, 4) is 0 Å². The molecular formula is C12H10FN3O3S. The lowest BCUT2D eigenvalue weighted by Gasteiger charge is -2.01.